The average molecular weight is 452 g/mol. The molecule has 0 spiro atoms. The summed E-state index contributed by atoms with van der Waals surface area (Å²) in [4.78, 5) is 26.0. The van der Waals surface area contributed by atoms with E-state index in [0.29, 0.717) is 17.2 Å². The van der Waals surface area contributed by atoms with Gasteiger partial charge in [-0.2, -0.15) is 13.2 Å². The van der Waals surface area contributed by atoms with Crippen molar-refractivity contribution in [1.82, 2.24) is 0 Å². The minimum atomic E-state index is -4.64. The van der Waals surface area contributed by atoms with Crippen molar-refractivity contribution in [3.05, 3.63) is 77.1 Å². The number of halogens is 4. The van der Waals surface area contributed by atoms with Gasteiger partial charge in [-0.15, -0.1) is 0 Å². The van der Waals surface area contributed by atoms with E-state index < -0.39 is 28.7 Å². The highest BCUT2D eigenvalue weighted by Gasteiger charge is 2.33. The summed E-state index contributed by atoms with van der Waals surface area (Å²) in [5.41, 5.74) is 4.62. The van der Waals surface area contributed by atoms with Crippen LogP contribution in [0.2, 0.25) is 5.02 Å². The monoisotopic (exact) mass is 451 g/mol. The number of urea groups is 1. The summed E-state index contributed by atoms with van der Waals surface area (Å²) in [5, 5.41) is 4.34. The van der Waals surface area contributed by atoms with Crippen molar-refractivity contribution < 1.29 is 32.5 Å². The number of nitrogens with two attached hydrogens (primary N) is 1. The molecule has 31 heavy (non-hydrogen) atoms. The Bertz CT molecular complexity index is 1120. The molecule has 0 unspecified atom stereocenters. The van der Waals surface area contributed by atoms with Crippen LogP contribution in [0.25, 0.3) is 0 Å². The average Bonchev–Trinajstić information content (AvgIpc) is 2.70. The summed E-state index contributed by atoms with van der Waals surface area (Å²) in [6.45, 7) is 0. The van der Waals surface area contributed by atoms with Crippen molar-refractivity contribution in [3.8, 4) is 11.5 Å². The third-order valence-electron chi connectivity index (χ3n) is 3.92. The fourth-order valence-corrected chi connectivity index (χ4v) is 2.73. The normalized spacial score (nSPS) is 11.0. The quantitative estimate of drug-likeness (QED) is 0.523. The standard InChI is InChI=1S/C20H14ClF3N4O3/c21-16-6-3-12(9-15(16)20(22,23)24)28-19(30)27-11-1-4-13(5-2-11)31-14-7-8-26-17(10-14)18(25)29/h1-10H,(H2,25,29)(H2,27,28,30)/p+1. The van der Waals surface area contributed by atoms with Crippen LogP contribution < -0.4 is 26.1 Å². The number of carbonyl (C=O) groups is 2. The van der Waals surface area contributed by atoms with E-state index in [4.69, 9.17) is 22.1 Å². The Hall–Kier alpha value is -3.79. The van der Waals surface area contributed by atoms with Crippen LogP contribution in [0, 0.1) is 0 Å². The van der Waals surface area contributed by atoms with E-state index in [1.54, 1.807) is 18.2 Å². The Balaban J connectivity index is 1.63. The van der Waals surface area contributed by atoms with Gasteiger partial charge in [0.2, 0.25) is 0 Å². The van der Waals surface area contributed by atoms with Gasteiger partial charge in [-0.1, -0.05) is 11.6 Å². The molecule has 3 rings (SSSR count). The second-order valence-corrected chi connectivity index (χ2v) is 6.61. The van der Waals surface area contributed by atoms with Crippen molar-refractivity contribution in [2.75, 3.05) is 10.6 Å². The zero-order valence-corrected chi connectivity index (χ0v) is 16.3. The molecule has 11 heteroatoms. The Morgan fingerprint density at radius 1 is 0.935 bits per heavy atom. The number of amides is 3. The van der Waals surface area contributed by atoms with E-state index in [-0.39, 0.29) is 11.4 Å². The zero-order chi connectivity index (χ0) is 22.6. The first-order valence-corrected chi connectivity index (χ1v) is 9.04. The van der Waals surface area contributed by atoms with E-state index in [1.165, 1.54) is 30.5 Å². The van der Waals surface area contributed by atoms with Gasteiger partial charge in [0.25, 0.3) is 5.69 Å². The van der Waals surface area contributed by atoms with Gasteiger partial charge in [0.15, 0.2) is 6.20 Å². The van der Waals surface area contributed by atoms with E-state index >= 15 is 0 Å². The maximum atomic E-state index is 12.9. The number of pyridine rings is 1. The number of rotatable bonds is 5. The Morgan fingerprint density at radius 3 is 2.23 bits per heavy atom. The largest absolute Gasteiger partial charge is 0.457 e. The van der Waals surface area contributed by atoms with Gasteiger partial charge >= 0.3 is 18.1 Å². The molecule has 0 aliphatic rings. The molecule has 0 radical (unpaired) electrons. The van der Waals surface area contributed by atoms with Gasteiger partial charge in [-0.3, -0.25) is 4.79 Å². The molecule has 0 aliphatic carbocycles. The summed E-state index contributed by atoms with van der Waals surface area (Å²) < 4.78 is 44.4. The number of aromatic nitrogens is 1. The lowest BCUT2D eigenvalue weighted by Crippen LogP contribution is -2.22. The molecule has 160 valence electrons. The summed E-state index contributed by atoms with van der Waals surface area (Å²) in [6.07, 6.45) is -3.15. The van der Waals surface area contributed by atoms with Crippen molar-refractivity contribution in [2.24, 2.45) is 5.73 Å². The first kappa shape index (κ1) is 21.9. The number of anilines is 2. The third-order valence-corrected chi connectivity index (χ3v) is 4.25. The summed E-state index contributed by atoms with van der Waals surface area (Å²) in [6, 6.07) is 11.5. The Morgan fingerprint density at radius 2 is 1.58 bits per heavy atom. The van der Waals surface area contributed by atoms with Gasteiger partial charge in [-0.05, 0) is 42.5 Å². The van der Waals surface area contributed by atoms with Gasteiger partial charge in [0.1, 0.15) is 11.5 Å². The summed E-state index contributed by atoms with van der Waals surface area (Å²) in [5.74, 6) is 0.147. The fourth-order valence-electron chi connectivity index (χ4n) is 2.51. The number of carbonyl (C=O) groups excluding carboxylic acids is 2. The number of aromatic amines is 1. The SMILES string of the molecule is NC(=O)c1cc(Oc2ccc(NC(=O)Nc3ccc(Cl)c(C(F)(F)F)c3)cc2)cc[nH+]1. The van der Waals surface area contributed by atoms with Crippen molar-refractivity contribution >= 4 is 34.9 Å². The summed E-state index contributed by atoms with van der Waals surface area (Å²) >= 11 is 5.56. The van der Waals surface area contributed by atoms with Crippen molar-refractivity contribution in [1.29, 1.82) is 0 Å². The Labute approximate surface area is 179 Å². The van der Waals surface area contributed by atoms with Crippen LogP contribution in [0.5, 0.6) is 11.5 Å². The van der Waals surface area contributed by atoms with Gasteiger partial charge < -0.3 is 21.1 Å². The number of ether oxygens (including phenoxy) is 1. The van der Waals surface area contributed by atoms with Crippen LogP contribution in [-0.4, -0.2) is 11.9 Å². The molecule has 1 heterocycles. The minimum Gasteiger partial charge on any atom is -0.457 e. The molecule has 3 aromatic rings. The number of hydrogen-bond donors (Lipinski definition) is 3. The first-order chi connectivity index (χ1) is 14.6. The van der Waals surface area contributed by atoms with Crippen LogP contribution >= 0.6 is 11.6 Å². The van der Waals surface area contributed by atoms with Crippen molar-refractivity contribution in [3.63, 3.8) is 0 Å². The molecule has 0 atom stereocenters. The second-order valence-electron chi connectivity index (χ2n) is 6.20. The molecule has 0 aliphatic heterocycles. The molecular formula is C20H15ClF3N4O3+. The molecule has 0 saturated carbocycles. The van der Waals surface area contributed by atoms with E-state index in [2.05, 4.69) is 15.6 Å². The van der Waals surface area contributed by atoms with Crippen LogP contribution in [0.15, 0.2) is 60.8 Å². The smallest absolute Gasteiger partial charge is 0.417 e. The highest BCUT2D eigenvalue weighted by Crippen LogP contribution is 2.36. The number of nitrogens with one attached hydrogen (secondary N) is 3. The molecule has 0 saturated heterocycles. The molecule has 7 nitrogen and oxygen atoms in total. The maximum absolute atomic E-state index is 12.9. The lowest BCUT2D eigenvalue weighted by Gasteiger charge is -2.12. The fraction of sp³-hybridized carbons (Fsp3) is 0.0500. The molecule has 1 aromatic heterocycles. The highest BCUT2D eigenvalue weighted by atomic mass is 35.5. The van der Waals surface area contributed by atoms with Crippen LogP contribution in [0.3, 0.4) is 0 Å². The van der Waals surface area contributed by atoms with Crippen LogP contribution in [0.1, 0.15) is 16.1 Å². The lowest BCUT2D eigenvalue weighted by atomic mass is 10.2. The first-order valence-electron chi connectivity index (χ1n) is 8.66. The highest BCUT2D eigenvalue weighted by molar-refractivity contribution is 6.31. The molecule has 5 N–H and O–H groups in total. The number of primary amides is 1. The number of hydrogen-bond acceptors (Lipinski definition) is 3. The molecule has 2 aromatic carbocycles. The van der Waals surface area contributed by atoms with Gasteiger partial charge in [0, 0.05) is 17.4 Å². The number of alkyl halides is 3. The predicted octanol–water partition coefficient (Wildman–Crippen LogP) is 4.71. The van der Waals surface area contributed by atoms with Crippen LogP contribution in [0.4, 0.5) is 29.3 Å². The predicted molar refractivity (Wildman–Crippen MR) is 107 cm³/mol. The Kier molecular flexibility index (Phi) is 6.30. The lowest BCUT2D eigenvalue weighted by molar-refractivity contribution is -0.382. The zero-order valence-electron chi connectivity index (χ0n) is 15.6. The topological polar surface area (TPSA) is 108 Å². The van der Waals surface area contributed by atoms with E-state index in [9.17, 15) is 22.8 Å². The number of H-pyrrole nitrogens is 1. The third kappa shape index (κ3) is 5.86. The maximum Gasteiger partial charge on any atom is 0.417 e. The van der Waals surface area contributed by atoms with E-state index in [1.807, 2.05) is 0 Å². The summed E-state index contributed by atoms with van der Waals surface area (Å²) in [7, 11) is 0. The van der Waals surface area contributed by atoms with Gasteiger partial charge in [0.05, 0.1) is 16.7 Å². The second kappa shape index (κ2) is 8.92. The molecular weight excluding hydrogens is 437 g/mol. The molecule has 0 fully saturated rings. The molecule has 0 bridgehead atoms. The minimum absolute atomic E-state index is 0.0692. The van der Waals surface area contributed by atoms with Crippen molar-refractivity contribution in [2.45, 2.75) is 6.18 Å². The molecule has 3 amide bonds. The van der Waals surface area contributed by atoms with E-state index in [0.717, 1.165) is 12.1 Å². The van der Waals surface area contributed by atoms with Crippen LogP contribution in [-0.2, 0) is 6.18 Å². The van der Waals surface area contributed by atoms with Gasteiger partial charge in [-0.25, -0.2) is 9.78 Å². The number of benzene rings is 2.